The molecule has 0 aliphatic carbocycles. The maximum atomic E-state index is 12.2. The number of hydrogen-bond acceptors (Lipinski definition) is 5. The predicted molar refractivity (Wildman–Crippen MR) is 73.0 cm³/mol. The van der Waals surface area contributed by atoms with Crippen molar-refractivity contribution in [3.05, 3.63) is 52.4 Å². The Morgan fingerprint density at radius 3 is 2.63 bits per heavy atom. The predicted octanol–water partition coefficient (Wildman–Crippen LogP) is 2.04. The summed E-state index contributed by atoms with van der Waals surface area (Å²) in [5.41, 5.74) is 1.79. The van der Waals surface area contributed by atoms with Gasteiger partial charge in [0.05, 0.1) is 0 Å². The average molecular weight is 271 g/mol. The van der Waals surface area contributed by atoms with Crippen molar-refractivity contribution in [2.45, 2.75) is 6.92 Å². The lowest BCUT2D eigenvalue weighted by molar-refractivity contribution is 0.101. The van der Waals surface area contributed by atoms with E-state index in [2.05, 4.69) is 9.59 Å². The Kier molecular flexibility index (Phi) is 2.72. The Bertz CT molecular complexity index is 818. The first-order valence-corrected chi connectivity index (χ1v) is 6.39. The quantitative estimate of drug-likeness (QED) is 0.669. The largest absolute Gasteiger partial charge is 0.295 e. The topological polar surface area (TPSA) is 64.8 Å². The summed E-state index contributed by atoms with van der Waals surface area (Å²) in [6.07, 6.45) is 1.66. The number of ketones is 1. The molecular weight excluding hydrogens is 262 g/mol. The molecule has 0 saturated carbocycles. The van der Waals surface area contributed by atoms with Crippen LogP contribution in [0.5, 0.6) is 0 Å². The summed E-state index contributed by atoms with van der Waals surface area (Å²) >= 11 is 1.08. The monoisotopic (exact) mass is 271 g/mol. The smallest absolute Gasteiger partial charge is 0.276 e. The van der Waals surface area contributed by atoms with Crippen molar-refractivity contribution in [1.82, 2.24) is 14.2 Å². The molecule has 0 aliphatic heterocycles. The molecule has 1 aromatic carbocycles. The van der Waals surface area contributed by atoms with E-state index in [-0.39, 0.29) is 11.3 Å². The minimum Gasteiger partial charge on any atom is -0.295 e. The van der Waals surface area contributed by atoms with E-state index in [9.17, 15) is 9.59 Å². The maximum Gasteiger partial charge on any atom is 0.276 e. The van der Waals surface area contributed by atoms with E-state index in [1.54, 1.807) is 36.5 Å². The van der Waals surface area contributed by atoms with Crippen LogP contribution in [0.4, 0.5) is 0 Å². The van der Waals surface area contributed by atoms with E-state index in [0.29, 0.717) is 21.5 Å². The zero-order valence-electron chi connectivity index (χ0n) is 10.0. The van der Waals surface area contributed by atoms with Crippen molar-refractivity contribution in [3.63, 3.8) is 0 Å². The van der Waals surface area contributed by atoms with Gasteiger partial charge in [0.2, 0.25) is 0 Å². The molecule has 3 rings (SSSR count). The van der Waals surface area contributed by atoms with Crippen molar-refractivity contribution < 1.29 is 4.79 Å². The second-order valence-corrected chi connectivity index (χ2v) is 4.84. The average Bonchev–Trinajstić information content (AvgIpc) is 2.88. The van der Waals surface area contributed by atoms with Gasteiger partial charge in [0, 0.05) is 17.4 Å². The van der Waals surface area contributed by atoms with Gasteiger partial charge in [-0.3, -0.25) is 14.2 Å². The van der Waals surface area contributed by atoms with Crippen molar-refractivity contribution in [1.29, 1.82) is 0 Å². The van der Waals surface area contributed by atoms with E-state index < -0.39 is 0 Å². The molecule has 19 heavy (non-hydrogen) atoms. The second-order valence-electron chi connectivity index (χ2n) is 4.08. The normalized spacial score (nSPS) is 10.8. The first kappa shape index (κ1) is 11.7. The van der Waals surface area contributed by atoms with E-state index in [1.807, 2.05) is 0 Å². The summed E-state index contributed by atoms with van der Waals surface area (Å²) in [6, 6.07) is 8.66. The van der Waals surface area contributed by atoms with Gasteiger partial charge in [-0.2, -0.15) is 0 Å². The highest BCUT2D eigenvalue weighted by atomic mass is 32.1. The SMILES string of the molecule is CC(=O)c1ccc(-n2ccc3nnsc3c2=O)cc1. The van der Waals surface area contributed by atoms with Crippen molar-refractivity contribution in [2.75, 3.05) is 0 Å². The van der Waals surface area contributed by atoms with Crippen LogP contribution in [0.2, 0.25) is 0 Å². The number of aromatic nitrogens is 3. The summed E-state index contributed by atoms with van der Waals surface area (Å²) in [7, 11) is 0. The van der Waals surface area contributed by atoms with Gasteiger partial charge in [-0.05, 0) is 48.8 Å². The van der Waals surface area contributed by atoms with E-state index in [0.717, 1.165) is 11.5 Å². The zero-order chi connectivity index (χ0) is 13.4. The third-order valence-corrected chi connectivity index (χ3v) is 3.59. The summed E-state index contributed by atoms with van der Waals surface area (Å²) in [5.74, 6) is 0.000931. The molecule has 5 nitrogen and oxygen atoms in total. The first-order valence-electron chi connectivity index (χ1n) is 5.62. The molecule has 0 atom stereocenters. The van der Waals surface area contributed by atoms with Crippen LogP contribution in [0.15, 0.2) is 41.3 Å². The molecule has 94 valence electrons. The van der Waals surface area contributed by atoms with Crippen LogP contribution >= 0.6 is 11.5 Å². The van der Waals surface area contributed by atoms with E-state index in [4.69, 9.17) is 0 Å². The van der Waals surface area contributed by atoms with Crippen LogP contribution in [0.1, 0.15) is 17.3 Å². The third kappa shape index (κ3) is 1.96. The van der Waals surface area contributed by atoms with Crippen LogP contribution in [0.3, 0.4) is 0 Å². The number of Topliss-reactive ketones (excluding diaryl/α,β-unsaturated/α-hetero) is 1. The summed E-state index contributed by atoms with van der Waals surface area (Å²) in [5, 5.41) is 3.86. The van der Waals surface area contributed by atoms with Gasteiger partial charge in [-0.15, -0.1) is 5.10 Å². The van der Waals surface area contributed by atoms with Crippen LogP contribution < -0.4 is 5.56 Å². The molecule has 0 radical (unpaired) electrons. The van der Waals surface area contributed by atoms with E-state index in [1.165, 1.54) is 11.5 Å². The minimum atomic E-state index is -0.150. The van der Waals surface area contributed by atoms with Gasteiger partial charge in [0.15, 0.2) is 5.78 Å². The van der Waals surface area contributed by atoms with Crippen LogP contribution in [-0.2, 0) is 0 Å². The van der Waals surface area contributed by atoms with Crippen LogP contribution in [0, 0.1) is 0 Å². The van der Waals surface area contributed by atoms with Gasteiger partial charge in [0.1, 0.15) is 10.2 Å². The Hall–Kier alpha value is -2.34. The number of rotatable bonds is 2. The standard InChI is InChI=1S/C13H9N3O2S/c1-8(17)9-2-4-10(5-3-9)16-7-6-11-12(13(16)18)19-15-14-11/h2-7H,1H3. The lowest BCUT2D eigenvalue weighted by Crippen LogP contribution is -2.16. The molecule has 3 aromatic rings. The van der Waals surface area contributed by atoms with Gasteiger partial charge in [-0.1, -0.05) is 4.49 Å². The molecule has 6 heteroatoms. The number of hydrogen-bond donors (Lipinski definition) is 0. The lowest BCUT2D eigenvalue weighted by atomic mass is 10.1. The summed E-state index contributed by atoms with van der Waals surface area (Å²) in [6.45, 7) is 1.51. The molecule has 0 amide bonds. The first-order chi connectivity index (χ1) is 9.16. The van der Waals surface area contributed by atoms with Gasteiger partial charge in [-0.25, -0.2) is 0 Å². The number of pyridine rings is 1. The molecule has 0 fully saturated rings. The molecular formula is C13H9N3O2S. The highest BCUT2D eigenvalue weighted by Gasteiger charge is 2.08. The second kappa shape index (κ2) is 4.40. The van der Waals surface area contributed by atoms with E-state index >= 15 is 0 Å². The Morgan fingerprint density at radius 1 is 1.21 bits per heavy atom. The number of carbonyl (C=O) groups excluding carboxylic acids is 1. The van der Waals surface area contributed by atoms with Gasteiger partial charge in [0.25, 0.3) is 5.56 Å². The molecule has 0 saturated heterocycles. The number of benzene rings is 1. The summed E-state index contributed by atoms with van der Waals surface area (Å²) in [4.78, 5) is 23.5. The van der Waals surface area contributed by atoms with Gasteiger partial charge < -0.3 is 0 Å². The van der Waals surface area contributed by atoms with Crippen molar-refractivity contribution in [2.24, 2.45) is 0 Å². The molecule has 0 N–H and O–H groups in total. The zero-order valence-corrected chi connectivity index (χ0v) is 10.8. The highest BCUT2D eigenvalue weighted by molar-refractivity contribution is 7.12. The summed E-state index contributed by atoms with van der Waals surface area (Å²) < 4.78 is 5.81. The number of nitrogens with zero attached hydrogens (tertiary/aromatic N) is 3. The lowest BCUT2D eigenvalue weighted by Gasteiger charge is -2.05. The Balaban J connectivity index is 2.16. The number of carbonyl (C=O) groups is 1. The minimum absolute atomic E-state index is 0.000931. The molecule has 0 aliphatic rings. The van der Waals surface area contributed by atoms with Gasteiger partial charge >= 0.3 is 0 Å². The van der Waals surface area contributed by atoms with Crippen molar-refractivity contribution >= 4 is 27.5 Å². The molecule has 0 unspecified atom stereocenters. The number of fused-ring (bicyclic) bond motifs is 1. The highest BCUT2D eigenvalue weighted by Crippen LogP contribution is 2.13. The van der Waals surface area contributed by atoms with Crippen LogP contribution in [-0.4, -0.2) is 19.9 Å². The molecule has 0 bridgehead atoms. The fourth-order valence-electron chi connectivity index (χ4n) is 1.84. The fraction of sp³-hybridized carbons (Fsp3) is 0.0769. The molecule has 2 aromatic heterocycles. The third-order valence-electron chi connectivity index (χ3n) is 2.86. The fourth-order valence-corrected chi connectivity index (χ4v) is 2.43. The van der Waals surface area contributed by atoms with Crippen LogP contribution in [0.25, 0.3) is 15.9 Å². The van der Waals surface area contributed by atoms with Crippen molar-refractivity contribution in [3.8, 4) is 5.69 Å². The molecule has 0 spiro atoms. The Labute approximate surface area is 112 Å². The molecule has 2 heterocycles. The maximum absolute atomic E-state index is 12.2. The Morgan fingerprint density at radius 2 is 1.95 bits per heavy atom.